The second-order valence-corrected chi connectivity index (χ2v) is 25.7. The first kappa shape index (κ1) is 46.2. The van der Waals surface area contributed by atoms with Gasteiger partial charge < -0.3 is 4.57 Å². The summed E-state index contributed by atoms with van der Waals surface area (Å²) in [5.41, 5.74) is 1.87. The summed E-state index contributed by atoms with van der Waals surface area (Å²) in [6.45, 7) is 41.2. The highest BCUT2D eigenvalue weighted by Gasteiger charge is 2.37. The lowest BCUT2D eigenvalue weighted by atomic mass is 9.66. The van der Waals surface area contributed by atoms with Crippen LogP contribution in [0.1, 0.15) is 220 Å². The smallest absolute Gasteiger partial charge is 0.0882 e. The summed E-state index contributed by atoms with van der Waals surface area (Å²) in [6.07, 6.45) is 23.6. The molecule has 278 valence electrons. The van der Waals surface area contributed by atoms with Gasteiger partial charge in [0.05, 0.1) is 7.14 Å². The van der Waals surface area contributed by atoms with E-state index in [0.717, 1.165) is 24.9 Å². The monoisotopic (exact) mass is 667 g/mol. The van der Waals surface area contributed by atoms with Crippen molar-refractivity contribution in [2.75, 3.05) is 18.5 Å². The van der Waals surface area contributed by atoms with Gasteiger partial charge in [-0.25, -0.2) is 0 Å². The summed E-state index contributed by atoms with van der Waals surface area (Å²) in [6, 6.07) is 0. The van der Waals surface area contributed by atoms with Crippen LogP contribution in [-0.4, -0.2) is 18.5 Å². The number of rotatable bonds is 25. The molecule has 0 rings (SSSR count). The first-order chi connectivity index (χ1) is 20.6. The van der Waals surface area contributed by atoms with E-state index in [4.69, 9.17) is 0 Å². The molecule has 0 heterocycles. The van der Waals surface area contributed by atoms with Crippen molar-refractivity contribution in [3.63, 3.8) is 0 Å². The van der Waals surface area contributed by atoms with Gasteiger partial charge in [-0.1, -0.05) is 175 Å². The van der Waals surface area contributed by atoms with Crippen molar-refractivity contribution >= 4 is 7.14 Å². The molecule has 0 aromatic carbocycles. The summed E-state index contributed by atoms with van der Waals surface area (Å²) in [4.78, 5) is 0. The molecule has 0 aromatic heterocycles. The molecule has 46 heavy (non-hydrogen) atoms. The minimum atomic E-state index is -2.25. The van der Waals surface area contributed by atoms with Crippen molar-refractivity contribution in [2.24, 2.45) is 44.3 Å². The van der Waals surface area contributed by atoms with Crippen LogP contribution in [0.25, 0.3) is 0 Å². The molecule has 0 bridgehead atoms. The summed E-state index contributed by atoms with van der Waals surface area (Å²) in [7, 11) is -2.25. The molecule has 2 unspecified atom stereocenters. The fraction of sp³-hybridized carbons (Fsp3) is 1.00. The fourth-order valence-corrected chi connectivity index (χ4v) is 14.9. The second-order valence-electron chi connectivity index (χ2n) is 22.4. The van der Waals surface area contributed by atoms with E-state index in [9.17, 15) is 4.57 Å². The topological polar surface area (TPSA) is 17.1 Å². The number of hydrogen-bond acceptors (Lipinski definition) is 1. The van der Waals surface area contributed by atoms with E-state index in [-0.39, 0.29) is 10.8 Å². The molecule has 2 heteroatoms. The average Bonchev–Trinajstić information content (AvgIpc) is 2.73. The lowest BCUT2D eigenvalue weighted by Crippen LogP contribution is -2.30. The van der Waals surface area contributed by atoms with Crippen LogP contribution in [0.5, 0.6) is 0 Å². The number of unbranched alkanes of at least 4 members (excludes halogenated alkanes) is 9. The van der Waals surface area contributed by atoms with Gasteiger partial charge in [-0.15, -0.1) is 0 Å². The third kappa shape index (κ3) is 25.2. The first-order valence-electron chi connectivity index (χ1n) is 20.2. The van der Waals surface area contributed by atoms with E-state index < -0.39 is 7.14 Å². The third-order valence-corrected chi connectivity index (χ3v) is 13.7. The standard InChI is InChI=1S/C44H91OP/c1-18-19-20-21-22-23-24-25-26-27-28-46(45,31-37(2)29-41(10,11)35-43(14,15)33-39(4,5)6)32-38(3)30-42(12,13)36-44(16,17)34-40(7,8)9/h37-38H,18-36H2,1-17H3. The molecular formula is C44H91OP. The quantitative estimate of drug-likeness (QED) is 0.0700. The van der Waals surface area contributed by atoms with Crippen LogP contribution >= 0.6 is 7.14 Å². The molecule has 0 saturated heterocycles. The molecule has 0 radical (unpaired) electrons. The zero-order valence-electron chi connectivity index (χ0n) is 35.4. The molecule has 0 saturated carbocycles. The lowest BCUT2D eigenvalue weighted by molar-refractivity contribution is 0.118. The molecule has 0 aliphatic rings. The molecule has 0 amide bonds. The Morgan fingerprint density at radius 2 is 0.739 bits per heavy atom. The molecule has 0 aliphatic heterocycles. The van der Waals surface area contributed by atoms with Gasteiger partial charge >= 0.3 is 0 Å². The van der Waals surface area contributed by atoms with Gasteiger partial charge in [-0.3, -0.25) is 0 Å². The largest absolute Gasteiger partial charge is 0.324 e. The van der Waals surface area contributed by atoms with Gasteiger partial charge in [0.2, 0.25) is 0 Å². The predicted octanol–water partition coefficient (Wildman–Crippen LogP) is 16.1. The number of hydrogen-bond donors (Lipinski definition) is 0. The Balaban J connectivity index is 5.48. The van der Waals surface area contributed by atoms with Gasteiger partial charge in [-0.05, 0) is 89.3 Å². The van der Waals surface area contributed by atoms with Crippen LogP contribution in [0.15, 0.2) is 0 Å². The van der Waals surface area contributed by atoms with Gasteiger partial charge in [0, 0.05) is 18.5 Å². The van der Waals surface area contributed by atoms with Crippen LogP contribution < -0.4 is 0 Å². The molecular weight excluding hydrogens is 575 g/mol. The van der Waals surface area contributed by atoms with Crippen molar-refractivity contribution in [1.29, 1.82) is 0 Å². The third-order valence-electron chi connectivity index (χ3n) is 9.94. The van der Waals surface area contributed by atoms with Crippen LogP contribution in [0.3, 0.4) is 0 Å². The highest BCUT2D eigenvalue weighted by Crippen LogP contribution is 2.54. The van der Waals surface area contributed by atoms with Crippen molar-refractivity contribution in [3.8, 4) is 0 Å². The Bertz CT molecular complexity index is 790. The lowest BCUT2D eigenvalue weighted by Gasteiger charge is -2.41. The maximum atomic E-state index is 15.0. The zero-order valence-corrected chi connectivity index (χ0v) is 36.3. The summed E-state index contributed by atoms with van der Waals surface area (Å²) in [5, 5.41) is 0. The molecule has 0 aromatic rings. The molecule has 2 atom stereocenters. The molecule has 0 aliphatic carbocycles. The summed E-state index contributed by atoms with van der Waals surface area (Å²) in [5.74, 6) is 1.03. The van der Waals surface area contributed by atoms with Gasteiger partial charge in [0.25, 0.3) is 0 Å². The maximum absolute atomic E-state index is 15.0. The zero-order chi connectivity index (χ0) is 36.1. The highest BCUT2D eigenvalue weighted by molar-refractivity contribution is 7.63. The van der Waals surface area contributed by atoms with Crippen LogP contribution in [0.2, 0.25) is 0 Å². The molecule has 1 nitrogen and oxygen atoms in total. The van der Waals surface area contributed by atoms with E-state index >= 15 is 0 Å². The van der Waals surface area contributed by atoms with E-state index in [1.165, 1.54) is 96.3 Å². The van der Waals surface area contributed by atoms with Gasteiger partial charge in [0.1, 0.15) is 0 Å². The predicted molar refractivity (Wildman–Crippen MR) is 214 cm³/mol. The Kier molecular flexibility index (Phi) is 19.7. The van der Waals surface area contributed by atoms with E-state index in [0.29, 0.717) is 33.5 Å². The van der Waals surface area contributed by atoms with Crippen molar-refractivity contribution in [1.82, 2.24) is 0 Å². The summed E-state index contributed by atoms with van der Waals surface area (Å²) >= 11 is 0. The second kappa shape index (κ2) is 19.6. The fourth-order valence-electron chi connectivity index (χ4n) is 11.0. The summed E-state index contributed by atoms with van der Waals surface area (Å²) < 4.78 is 15.0. The first-order valence-corrected chi connectivity index (χ1v) is 22.4. The molecule has 0 spiro atoms. The maximum Gasteiger partial charge on any atom is 0.0882 e. The Labute approximate surface area is 294 Å². The molecule has 0 N–H and O–H groups in total. The average molecular weight is 667 g/mol. The Hall–Kier alpha value is 0.230. The van der Waals surface area contributed by atoms with Gasteiger partial charge in [-0.2, -0.15) is 0 Å². The normalized spacial score (nSPS) is 16.8. The Morgan fingerprint density at radius 1 is 0.435 bits per heavy atom. The highest BCUT2D eigenvalue weighted by atomic mass is 31.2. The van der Waals surface area contributed by atoms with Crippen LogP contribution in [0.4, 0.5) is 0 Å². The SMILES string of the molecule is CCCCCCCCCCCCP(=O)(CC(C)CC(C)(C)CC(C)(C)CC(C)(C)C)CC(C)CC(C)(C)CC(C)(C)CC(C)(C)C. The van der Waals surface area contributed by atoms with Crippen LogP contribution in [0, 0.1) is 44.3 Å². The van der Waals surface area contributed by atoms with Crippen molar-refractivity contribution in [3.05, 3.63) is 0 Å². The molecule has 0 fully saturated rings. The van der Waals surface area contributed by atoms with E-state index in [1.54, 1.807) is 0 Å². The van der Waals surface area contributed by atoms with Gasteiger partial charge in [0.15, 0.2) is 0 Å². The minimum Gasteiger partial charge on any atom is -0.324 e. The van der Waals surface area contributed by atoms with E-state index in [1.807, 2.05) is 0 Å². The minimum absolute atomic E-state index is 0.266. The van der Waals surface area contributed by atoms with E-state index in [2.05, 4.69) is 118 Å². The van der Waals surface area contributed by atoms with Crippen LogP contribution in [-0.2, 0) is 4.57 Å². The van der Waals surface area contributed by atoms with Crippen molar-refractivity contribution < 1.29 is 4.57 Å². The van der Waals surface area contributed by atoms with Crippen molar-refractivity contribution in [2.45, 2.75) is 220 Å². The Morgan fingerprint density at radius 3 is 1.04 bits per heavy atom.